The first-order chi connectivity index (χ1) is 11.4. The number of rotatable bonds is 9. The van der Waals surface area contributed by atoms with Gasteiger partial charge in [0.25, 0.3) is 11.6 Å². The number of esters is 1. The van der Waals surface area contributed by atoms with Crippen molar-refractivity contribution < 1.29 is 24.4 Å². The molecule has 9 nitrogen and oxygen atoms in total. The second-order valence-corrected chi connectivity index (χ2v) is 4.78. The van der Waals surface area contributed by atoms with Gasteiger partial charge in [0.15, 0.2) is 6.61 Å². The third kappa shape index (κ3) is 5.20. The molecule has 24 heavy (non-hydrogen) atoms. The van der Waals surface area contributed by atoms with E-state index in [4.69, 9.17) is 9.84 Å². The smallest absolute Gasteiger partial charge is 0.341 e. The minimum Gasteiger partial charge on any atom is -0.452 e. The second kappa shape index (κ2) is 9.46. The zero-order valence-electron chi connectivity index (χ0n) is 13.7. The summed E-state index contributed by atoms with van der Waals surface area (Å²) in [5.41, 5.74) is -0.0495. The Morgan fingerprint density at radius 3 is 2.54 bits per heavy atom. The van der Waals surface area contributed by atoms with Crippen molar-refractivity contribution in [3.8, 4) is 0 Å². The summed E-state index contributed by atoms with van der Waals surface area (Å²) in [6, 6.07) is 3.66. The molecule has 0 radical (unpaired) electrons. The van der Waals surface area contributed by atoms with Crippen molar-refractivity contribution in [3.05, 3.63) is 33.9 Å². The van der Waals surface area contributed by atoms with Gasteiger partial charge in [0.1, 0.15) is 0 Å². The van der Waals surface area contributed by atoms with Crippen molar-refractivity contribution >= 4 is 23.3 Å². The van der Waals surface area contributed by atoms with Crippen LogP contribution in [-0.4, -0.2) is 59.7 Å². The van der Waals surface area contributed by atoms with E-state index in [1.54, 1.807) is 13.8 Å². The van der Waals surface area contributed by atoms with Gasteiger partial charge in [-0.3, -0.25) is 14.9 Å². The van der Waals surface area contributed by atoms with Crippen molar-refractivity contribution in [3.63, 3.8) is 0 Å². The van der Waals surface area contributed by atoms with Crippen molar-refractivity contribution in [1.29, 1.82) is 0 Å². The summed E-state index contributed by atoms with van der Waals surface area (Å²) in [5, 5.41) is 22.5. The van der Waals surface area contributed by atoms with Crippen molar-refractivity contribution in [2.24, 2.45) is 0 Å². The maximum absolute atomic E-state index is 12.2. The van der Waals surface area contributed by atoms with E-state index in [1.807, 2.05) is 0 Å². The highest BCUT2D eigenvalue weighted by Gasteiger charge is 2.20. The topological polar surface area (TPSA) is 122 Å². The van der Waals surface area contributed by atoms with Gasteiger partial charge in [0, 0.05) is 37.5 Å². The fraction of sp³-hybridized carbons (Fsp3) is 0.467. The van der Waals surface area contributed by atoms with Gasteiger partial charge >= 0.3 is 5.97 Å². The molecule has 0 spiro atoms. The van der Waals surface area contributed by atoms with Crippen LogP contribution in [0.15, 0.2) is 18.2 Å². The lowest BCUT2D eigenvalue weighted by Gasteiger charge is -2.18. The molecule has 0 saturated carbocycles. The summed E-state index contributed by atoms with van der Waals surface area (Å²) >= 11 is 0. The Labute approximate surface area is 139 Å². The first kappa shape index (κ1) is 19.4. The number of carbonyl (C=O) groups is 2. The minimum atomic E-state index is -0.848. The molecule has 0 aliphatic carbocycles. The first-order valence-electron chi connectivity index (χ1n) is 7.52. The van der Waals surface area contributed by atoms with E-state index in [2.05, 4.69) is 5.32 Å². The molecule has 2 N–H and O–H groups in total. The summed E-state index contributed by atoms with van der Waals surface area (Å²) in [5.74, 6) is -1.19. The van der Waals surface area contributed by atoms with Crippen LogP contribution in [0.1, 0.15) is 24.2 Å². The van der Waals surface area contributed by atoms with Crippen LogP contribution in [0.2, 0.25) is 0 Å². The van der Waals surface area contributed by atoms with Gasteiger partial charge in [-0.1, -0.05) is 0 Å². The summed E-state index contributed by atoms with van der Waals surface area (Å²) in [4.78, 5) is 35.8. The molecule has 0 bridgehead atoms. The molecular formula is C15H21N3O6. The Hall–Kier alpha value is -2.68. The Morgan fingerprint density at radius 2 is 2.00 bits per heavy atom. The number of nitro benzene ring substituents is 1. The normalized spacial score (nSPS) is 10.1. The molecule has 1 aromatic carbocycles. The molecule has 1 aromatic rings. The summed E-state index contributed by atoms with van der Waals surface area (Å²) in [7, 11) is 0. The summed E-state index contributed by atoms with van der Waals surface area (Å²) < 4.78 is 4.97. The van der Waals surface area contributed by atoms with Crippen LogP contribution in [0.3, 0.4) is 0 Å². The Kier molecular flexibility index (Phi) is 7.63. The second-order valence-electron chi connectivity index (χ2n) is 4.78. The Balaban J connectivity index is 2.91. The van der Waals surface area contributed by atoms with Crippen molar-refractivity contribution in [2.45, 2.75) is 13.8 Å². The molecule has 0 atom stereocenters. The molecular weight excluding hydrogens is 318 g/mol. The Bertz CT molecular complexity index is 601. The quantitative estimate of drug-likeness (QED) is 0.391. The number of likely N-dealkylation sites (N-methyl/N-ethyl adjacent to an activating group) is 1. The van der Waals surface area contributed by atoms with E-state index in [1.165, 1.54) is 17.0 Å². The van der Waals surface area contributed by atoms with Crippen LogP contribution in [0.5, 0.6) is 0 Å². The molecule has 132 valence electrons. The first-order valence-corrected chi connectivity index (χ1v) is 7.52. The summed E-state index contributed by atoms with van der Waals surface area (Å²) in [6.07, 6.45) is 0. The number of nitrogens with zero attached hydrogens (tertiary/aromatic N) is 2. The maximum Gasteiger partial charge on any atom is 0.341 e. The van der Waals surface area contributed by atoms with E-state index < -0.39 is 17.5 Å². The molecule has 1 rings (SSSR count). The fourth-order valence-electron chi connectivity index (χ4n) is 2.03. The predicted octanol–water partition coefficient (Wildman–Crippen LogP) is 1.02. The highest BCUT2D eigenvalue weighted by Crippen LogP contribution is 2.23. The number of amides is 1. The van der Waals surface area contributed by atoms with Crippen molar-refractivity contribution in [2.75, 3.05) is 38.2 Å². The lowest BCUT2D eigenvalue weighted by atomic mass is 10.1. The van der Waals surface area contributed by atoms with Gasteiger partial charge in [-0.05, 0) is 19.9 Å². The number of benzene rings is 1. The van der Waals surface area contributed by atoms with Crippen LogP contribution in [0, 0.1) is 10.1 Å². The van der Waals surface area contributed by atoms with Gasteiger partial charge in [0.2, 0.25) is 0 Å². The fourth-order valence-corrected chi connectivity index (χ4v) is 2.03. The van der Waals surface area contributed by atoms with E-state index >= 15 is 0 Å². The third-order valence-electron chi connectivity index (χ3n) is 3.30. The largest absolute Gasteiger partial charge is 0.452 e. The monoisotopic (exact) mass is 339 g/mol. The lowest BCUT2D eigenvalue weighted by molar-refractivity contribution is -0.384. The number of hydrogen-bond acceptors (Lipinski definition) is 7. The van der Waals surface area contributed by atoms with Gasteiger partial charge in [-0.25, -0.2) is 4.79 Å². The zero-order chi connectivity index (χ0) is 18.1. The van der Waals surface area contributed by atoms with Crippen LogP contribution in [-0.2, 0) is 9.53 Å². The highest BCUT2D eigenvalue weighted by molar-refractivity contribution is 5.97. The number of carbonyl (C=O) groups excluding carboxylic acids is 2. The van der Waals surface area contributed by atoms with Crippen molar-refractivity contribution in [1.82, 2.24) is 4.90 Å². The minimum absolute atomic E-state index is 0.0648. The number of nitrogens with one attached hydrogen (secondary N) is 1. The number of ether oxygens (including phenoxy) is 1. The third-order valence-corrected chi connectivity index (χ3v) is 3.30. The number of anilines is 1. The molecule has 0 aliphatic rings. The van der Waals surface area contributed by atoms with E-state index in [0.717, 1.165) is 6.07 Å². The molecule has 0 aliphatic heterocycles. The average molecular weight is 339 g/mol. The molecule has 0 unspecified atom stereocenters. The molecule has 0 aromatic heterocycles. The van der Waals surface area contributed by atoms with E-state index in [-0.39, 0.29) is 36.0 Å². The molecule has 9 heteroatoms. The number of aliphatic hydroxyl groups excluding tert-OH is 1. The molecule has 0 fully saturated rings. The number of aliphatic hydroxyl groups is 1. The highest BCUT2D eigenvalue weighted by atomic mass is 16.6. The van der Waals surface area contributed by atoms with Gasteiger partial charge in [0.05, 0.1) is 17.1 Å². The van der Waals surface area contributed by atoms with Crippen LogP contribution in [0.4, 0.5) is 11.4 Å². The van der Waals surface area contributed by atoms with Crippen LogP contribution in [0.25, 0.3) is 0 Å². The van der Waals surface area contributed by atoms with Gasteiger partial charge in [-0.15, -0.1) is 0 Å². The number of non-ortho nitro benzene ring substituents is 1. The van der Waals surface area contributed by atoms with Gasteiger partial charge in [-0.2, -0.15) is 0 Å². The molecule has 0 heterocycles. The number of hydrogen-bond donors (Lipinski definition) is 2. The maximum atomic E-state index is 12.2. The predicted molar refractivity (Wildman–Crippen MR) is 86.9 cm³/mol. The van der Waals surface area contributed by atoms with Crippen LogP contribution >= 0.6 is 0 Å². The van der Waals surface area contributed by atoms with E-state index in [0.29, 0.717) is 13.1 Å². The van der Waals surface area contributed by atoms with Gasteiger partial charge < -0.3 is 20.1 Å². The Morgan fingerprint density at radius 1 is 1.33 bits per heavy atom. The standard InChI is InChI=1S/C15H21N3O6/c1-3-17(4-2)14(20)10-24-15(21)12-9-11(18(22)23)5-6-13(12)16-7-8-19/h5-6,9,16,19H,3-4,7-8,10H2,1-2H3. The number of nitro groups is 1. The average Bonchev–Trinajstić information content (AvgIpc) is 2.58. The van der Waals surface area contributed by atoms with Crippen LogP contribution < -0.4 is 5.32 Å². The lowest BCUT2D eigenvalue weighted by Crippen LogP contribution is -2.34. The molecule has 1 amide bonds. The SMILES string of the molecule is CCN(CC)C(=O)COC(=O)c1cc([N+](=O)[O-])ccc1NCCO. The molecule has 0 saturated heterocycles. The summed E-state index contributed by atoms with van der Waals surface area (Å²) in [6.45, 7) is 4.15. The zero-order valence-corrected chi connectivity index (χ0v) is 13.7. The van der Waals surface area contributed by atoms with E-state index in [9.17, 15) is 19.7 Å².